The van der Waals surface area contributed by atoms with Crippen LogP contribution in [0.2, 0.25) is 0 Å². The molecule has 1 aromatic carbocycles. The van der Waals surface area contributed by atoms with Crippen molar-refractivity contribution >= 4 is 5.91 Å². The minimum atomic E-state index is 0.000558. The maximum atomic E-state index is 11.7. The Kier molecular flexibility index (Phi) is 4.93. The van der Waals surface area contributed by atoms with Crippen LogP contribution in [0.1, 0.15) is 23.7 Å². The van der Waals surface area contributed by atoms with Crippen LogP contribution in [0, 0.1) is 0 Å². The molecular weight excluding hydrogens is 240 g/mol. The van der Waals surface area contributed by atoms with Gasteiger partial charge in [-0.25, -0.2) is 0 Å². The van der Waals surface area contributed by atoms with Crippen molar-refractivity contribution < 1.29 is 14.4 Å². The highest BCUT2D eigenvalue weighted by Gasteiger charge is 2.20. The first-order chi connectivity index (χ1) is 9.16. The first kappa shape index (κ1) is 14.0. The number of amides is 1. The minimum Gasteiger partial charge on any atom is -0.371 e. The normalized spacial score (nSPS) is 18.2. The second-order valence-electron chi connectivity index (χ2n) is 5.32. The van der Waals surface area contributed by atoms with E-state index in [1.165, 1.54) is 16.0 Å². The van der Waals surface area contributed by atoms with Gasteiger partial charge in [-0.15, -0.1) is 0 Å². The molecule has 0 fully saturated rings. The van der Waals surface area contributed by atoms with Crippen molar-refractivity contribution in [2.45, 2.75) is 18.9 Å². The van der Waals surface area contributed by atoms with Gasteiger partial charge in [0.1, 0.15) is 6.10 Å². The van der Waals surface area contributed by atoms with Crippen molar-refractivity contribution in [1.82, 2.24) is 5.32 Å². The monoisotopic (exact) mass is 263 g/mol. The third kappa shape index (κ3) is 4.04. The maximum Gasteiger partial charge on any atom is 0.225 e. The largest absolute Gasteiger partial charge is 0.371 e. The number of nitrogens with one attached hydrogen (secondary N) is 2. The highest BCUT2D eigenvalue weighted by molar-refractivity contribution is 5.75. The van der Waals surface area contributed by atoms with Gasteiger partial charge in [-0.3, -0.25) is 4.79 Å². The average Bonchev–Trinajstić information content (AvgIpc) is 2.42. The molecule has 1 aromatic rings. The number of benzene rings is 1. The molecule has 104 valence electrons. The molecule has 0 radical (unpaired) electrons. The molecular formula is C15H23N2O2+. The highest BCUT2D eigenvalue weighted by Crippen LogP contribution is 2.26. The summed E-state index contributed by atoms with van der Waals surface area (Å²) in [7, 11) is 4.10. The molecule has 19 heavy (non-hydrogen) atoms. The summed E-state index contributed by atoms with van der Waals surface area (Å²) in [5.41, 5.74) is 2.55. The first-order valence-corrected chi connectivity index (χ1v) is 6.92. The molecule has 0 saturated carbocycles. The summed E-state index contributed by atoms with van der Waals surface area (Å²) in [5, 5.41) is 2.97. The summed E-state index contributed by atoms with van der Waals surface area (Å²) >= 11 is 0. The van der Waals surface area contributed by atoms with Gasteiger partial charge >= 0.3 is 0 Å². The molecule has 1 amide bonds. The van der Waals surface area contributed by atoms with Gasteiger partial charge in [0, 0.05) is 6.54 Å². The van der Waals surface area contributed by atoms with Crippen molar-refractivity contribution in [1.29, 1.82) is 0 Å². The van der Waals surface area contributed by atoms with E-state index < -0.39 is 0 Å². The third-order valence-electron chi connectivity index (χ3n) is 3.43. The van der Waals surface area contributed by atoms with Crippen LogP contribution >= 0.6 is 0 Å². The summed E-state index contributed by atoms with van der Waals surface area (Å²) < 4.78 is 5.76. The van der Waals surface area contributed by atoms with Crippen LogP contribution in [0.3, 0.4) is 0 Å². The van der Waals surface area contributed by atoms with Crippen LogP contribution in [0.4, 0.5) is 0 Å². The lowest BCUT2D eigenvalue weighted by Crippen LogP contribution is -3.05. The quantitative estimate of drug-likeness (QED) is 0.782. The molecule has 0 unspecified atom stereocenters. The Balaban J connectivity index is 1.86. The molecule has 0 bridgehead atoms. The smallest absolute Gasteiger partial charge is 0.225 e. The van der Waals surface area contributed by atoms with Gasteiger partial charge in [0.2, 0.25) is 5.91 Å². The van der Waals surface area contributed by atoms with Crippen molar-refractivity contribution in [3.05, 3.63) is 35.4 Å². The van der Waals surface area contributed by atoms with Crippen molar-refractivity contribution in [2.75, 3.05) is 33.8 Å². The third-order valence-corrected chi connectivity index (χ3v) is 3.43. The molecule has 1 atom stereocenters. The van der Waals surface area contributed by atoms with Gasteiger partial charge in [-0.1, -0.05) is 24.3 Å². The lowest BCUT2D eigenvalue weighted by molar-refractivity contribution is -0.857. The maximum absolute atomic E-state index is 11.7. The summed E-state index contributed by atoms with van der Waals surface area (Å²) in [6, 6.07) is 8.31. The summed E-state index contributed by atoms with van der Waals surface area (Å²) in [4.78, 5) is 13.0. The van der Waals surface area contributed by atoms with Crippen LogP contribution < -0.4 is 10.2 Å². The second-order valence-corrected chi connectivity index (χ2v) is 5.32. The second kappa shape index (κ2) is 6.68. The topological polar surface area (TPSA) is 42.8 Å². The van der Waals surface area contributed by atoms with Crippen molar-refractivity contribution in [2.24, 2.45) is 0 Å². The van der Waals surface area contributed by atoms with E-state index in [-0.39, 0.29) is 12.0 Å². The van der Waals surface area contributed by atoms with Crippen LogP contribution in [-0.2, 0) is 16.0 Å². The van der Waals surface area contributed by atoms with Crippen LogP contribution in [-0.4, -0.2) is 39.7 Å². The molecule has 0 aromatic heterocycles. The van der Waals surface area contributed by atoms with Gasteiger partial charge < -0.3 is 15.0 Å². The van der Waals surface area contributed by atoms with E-state index >= 15 is 0 Å². The molecule has 0 spiro atoms. The molecule has 0 saturated heterocycles. The average molecular weight is 263 g/mol. The zero-order valence-electron chi connectivity index (χ0n) is 11.7. The zero-order chi connectivity index (χ0) is 13.7. The Morgan fingerprint density at radius 2 is 2.21 bits per heavy atom. The standard InChI is InChI=1S/C15H22N2O2/c1-17(2)9-7-15(18)16-11-14-13-6-4-3-5-12(13)8-10-19-14/h3-6,14H,7-11H2,1-2H3,(H,16,18)/p+1/t14-/m1/s1. The highest BCUT2D eigenvalue weighted by atomic mass is 16.5. The molecule has 2 N–H and O–H groups in total. The minimum absolute atomic E-state index is 0.000558. The van der Waals surface area contributed by atoms with Gasteiger partial charge in [0.05, 0.1) is 33.7 Å². The van der Waals surface area contributed by atoms with Gasteiger partial charge in [-0.05, 0) is 17.5 Å². The fraction of sp³-hybridized carbons (Fsp3) is 0.533. The number of carbonyl (C=O) groups excluding carboxylic acids is 1. The molecule has 4 heteroatoms. The van der Waals surface area contributed by atoms with Crippen molar-refractivity contribution in [3.8, 4) is 0 Å². The van der Waals surface area contributed by atoms with Crippen molar-refractivity contribution in [3.63, 3.8) is 0 Å². The number of ether oxygens (including phenoxy) is 1. The first-order valence-electron chi connectivity index (χ1n) is 6.92. The summed E-state index contributed by atoms with van der Waals surface area (Å²) in [6.07, 6.45) is 1.53. The Hall–Kier alpha value is -1.39. The molecule has 1 aliphatic heterocycles. The lowest BCUT2D eigenvalue weighted by atomic mass is 9.97. The Morgan fingerprint density at radius 1 is 1.42 bits per heavy atom. The Bertz CT molecular complexity index is 432. The van der Waals surface area contributed by atoms with Gasteiger partial charge in [-0.2, -0.15) is 0 Å². The predicted octanol–water partition coefficient (Wildman–Crippen LogP) is -0.0488. The fourth-order valence-electron chi connectivity index (χ4n) is 2.30. The lowest BCUT2D eigenvalue weighted by Gasteiger charge is -2.26. The molecule has 0 aliphatic carbocycles. The van der Waals surface area contributed by atoms with Crippen LogP contribution in [0.5, 0.6) is 0 Å². The predicted molar refractivity (Wildman–Crippen MR) is 74.1 cm³/mol. The zero-order valence-corrected chi connectivity index (χ0v) is 11.7. The summed E-state index contributed by atoms with van der Waals surface area (Å²) in [5.74, 6) is 0.104. The SMILES string of the molecule is C[NH+](C)CCC(=O)NC[C@H]1OCCc2ccccc21. The number of hydrogen-bond donors (Lipinski definition) is 2. The van der Waals surface area contributed by atoms with E-state index in [0.29, 0.717) is 13.0 Å². The molecule has 1 heterocycles. The number of rotatable bonds is 5. The van der Waals surface area contributed by atoms with Gasteiger partial charge in [0.15, 0.2) is 0 Å². The van der Waals surface area contributed by atoms with Gasteiger partial charge in [0.25, 0.3) is 0 Å². The summed E-state index contributed by atoms with van der Waals surface area (Å²) in [6.45, 7) is 2.16. The number of fused-ring (bicyclic) bond motifs is 1. The Morgan fingerprint density at radius 3 is 3.00 bits per heavy atom. The van der Waals surface area contributed by atoms with Crippen LogP contribution in [0.15, 0.2) is 24.3 Å². The number of quaternary nitrogens is 1. The Labute approximate surface area is 114 Å². The van der Waals surface area contributed by atoms with Crippen LogP contribution in [0.25, 0.3) is 0 Å². The van der Waals surface area contributed by atoms with E-state index in [0.717, 1.165) is 19.6 Å². The fourth-order valence-corrected chi connectivity index (χ4v) is 2.30. The van der Waals surface area contributed by atoms with E-state index in [4.69, 9.17) is 4.74 Å². The molecule has 2 rings (SSSR count). The molecule has 4 nitrogen and oxygen atoms in total. The van der Waals surface area contributed by atoms with E-state index in [2.05, 4.69) is 23.5 Å². The number of hydrogen-bond acceptors (Lipinski definition) is 2. The molecule has 1 aliphatic rings. The van der Waals surface area contributed by atoms with E-state index in [9.17, 15) is 4.79 Å². The number of carbonyl (C=O) groups is 1. The van der Waals surface area contributed by atoms with E-state index in [1.54, 1.807) is 0 Å². The van der Waals surface area contributed by atoms with E-state index in [1.807, 2.05) is 20.2 Å².